The molecule has 1 aliphatic carbocycles. The Bertz CT molecular complexity index is 636. The maximum atomic E-state index is 13.1. The summed E-state index contributed by atoms with van der Waals surface area (Å²) in [5.74, 6) is 0.276. The molecule has 3 heterocycles. The summed E-state index contributed by atoms with van der Waals surface area (Å²) >= 11 is 0. The summed E-state index contributed by atoms with van der Waals surface area (Å²) in [7, 11) is 0. The van der Waals surface area contributed by atoms with Gasteiger partial charge in [-0.05, 0) is 50.2 Å². The number of epoxide rings is 1. The molecular weight excluding hydrogens is 348 g/mol. The van der Waals surface area contributed by atoms with Crippen molar-refractivity contribution in [2.24, 2.45) is 23.2 Å². The number of carbonyl (C=O) groups is 2. The Morgan fingerprint density at radius 3 is 2.56 bits per heavy atom. The zero-order chi connectivity index (χ0) is 19.7. The second-order valence-electron chi connectivity index (χ2n) is 8.42. The number of furan rings is 1. The van der Waals surface area contributed by atoms with Crippen LogP contribution in [0.4, 0.5) is 0 Å². The van der Waals surface area contributed by atoms with Crippen molar-refractivity contribution in [3.05, 3.63) is 24.7 Å². The van der Waals surface area contributed by atoms with Crippen LogP contribution in [-0.4, -0.2) is 41.8 Å². The summed E-state index contributed by atoms with van der Waals surface area (Å²) in [5.41, 5.74) is -1.39. The first-order chi connectivity index (χ1) is 12.9. The van der Waals surface area contributed by atoms with Gasteiger partial charge in [0, 0.05) is 18.9 Å². The molecule has 1 spiro atoms. The Hall–Kier alpha value is -1.66. The van der Waals surface area contributed by atoms with Crippen molar-refractivity contribution >= 4 is 11.8 Å². The summed E-state index contributed by atoms with van der Waals surface area (Å²) in [5, 5.41) is 9.42. The number of ether oxygens (including phenoxy) is 2. The van der Waals surface area contributed by atoms with Crippen molar-refractivity contribution in [3.63, 3.8) is 0 Å². The van der Waals surface area contributed by atoms with Gasteiger partial charge in [-0.2, -0.15) is 0 Å². The second-order valence-corrected chi connectivity index (χ2v) is 8.42. The standard InChI is InChI=1S/C17H26O5.C4H4O/c1-10(2)8-13(19)16(3)11(6-7-18)4-5-12-9-21-15(20)14-17(12,16)22-14;1-2-4-5-3-1/h10-12,14,18H,4-9H2,1-3H3;1-4H. The summed E-state index contributed by atoms with van der Waals surface area (Å²) in [4.78, 5) is 25.1. The van der Waals surface area contributed by atoms with Crippen LogP contribution < -0.4 is 0 Å². The number of cyclic esters (lactones) is 1. The van der Waals surface area contributed by atoms with Crippen LogP contribution >= 0.6 is 0 Å². The molecule has 27 heavy (non-hydrogen) atoms. The molecule has 1 aromatic rings. The highest BCUT2D eigenvalue weighted by Crippen LogP contribution is 2.66. The van der Waals surface area contributed by atoms with Gasteiger partial charge in [0.25, 0.3) is 0 Å². The van der Waals surface area contributed by atoms with Crippen LogP contribution in [0, 0.1) is 23.2 Å². The van der Waals surface area contributed by atoms with E-state index in [1.165, 1.54) is 0 Å². The maximum absolute atomic E-state index is 13.1. The average molecular weight is 378 g/mol. The summed E-state index contributed by atoms with van der Waals surface area (Å²) in [6.07, 6.45) is 5.49. The third kappa shape index (κ3) is 3.34. The number of hydrogen-bond acceptors (Lipinski definition) is 6. The van der Waals surface area contributed by atoms with Gasteiger partial charge in [-0.15, -0.1) is 0 Å². The predicted molar refractivity (Wildman–Crippen MR) is 97.8 cm³/mol. The molecule has 150 valence electrons. The van der Waals surface area contributed by atoms with Gasteiger partial charge in [-0.1, -0.05) is 13.8 Å². The molecule has 0 bridgehead atoms. The van der Waals surface area contributed by atoms with Gasteiger partial charge in [-0.3, -0.25) is 4.79 Å². The Balaban J connectivity index is 0.000000364. The molecule has 5 unspecified atom stereocenters. The van der Waals surface area contributed by atoms with Crippen LogP contribution in [0.25, 0.3) is 0 Å². The topological polar surface area (TPSA) is 89.3 Å². The lowest BCUT2D eigenvalue weighted by Crippen LogP contribution is -2.60. The zero-order valence-electron chi connectivity index (χ0n) is 16.3. The molecule has 5 atom stereocenters. The third-order valence-electron chi connectivity index (χ3n) is 6.46. The Morgan fingerprint density at radius 1 is 1.30 bits per heavy atom. The van der Waals surface area contributed by atoms with Crippen LogP contribution in [0.15, 0.2) is 29.1 Å². The smallest absolute Gasteiger partial charge is 0.338 e. The first kappa shape index (κ1) is 20.1. The minimum atomic E-state index is -0.701. The monoisotopic (exact) mass is 378 g/mol. The molecule has 2 saturated heterocycles. The van der Waals surface area contributed by atoms with E-state index in [1.54, 1.807) is 12.5 Å². The van der Waals surface area contributed by atoms with E-state index in [2.05, 4.69) is 4.42 Å². The number of esters is 1. The molecule has 0 radical (unpaired) electrons. The number of rotatable bonds is 5. The molecule has 1 N–H and O–H groups in total. The van der Waals surface area contributed by atoms with Crippen molar-refractivity contribution in [1.82, 2.24) is 0 Å². The van der Waals surface area contributed by atoms with E-state index in [0.29, 0.717) is 19.4 Å². The molecular formula is C21H30O6. The van der Waals surface area contributed by atoms with Gasteiger partial charge in [0.2, 0.25) is 0 Å². The van der Waals surface area contributed by atoms with E-state index >= 15 is 0 Å². The normalized spacial score (nSPS) is 36.8. The van der Waals surface area contributed by atoms with Gasteiger partial charge in [0.1, 0.15) is 11.4 Å². The summed E-state index contributed by atoms with van der Waals surface area (Å²) < 4.78 is 15.7. The highest BCUT2D eigenvalue weighted by Gasteiger charge is 2.80. The lowest BCUT2D eigenvalue weighted by Gasteiger charge is -2.50. The van der Waals surface area contributed by atoms with E-state index in [-0.39, 0.29) is 36.1 Å². The highest BCUT2D eigenvalue weighted by molar-refractivity contribution is 5.91. The van der Waals surface area contributed by atoms with Crippen molar-refractivity contribution in [1.29, 1.82) is 0 Å². The van der Waals surface area contributed by atoms with Crippen LogP contribution in [0.5, 0.6) is 0 Å². The molecule has 0 aromatic carbocycles. The Labute approximate surface area is 160 Å². The lowest BCUT2D eigenvalue weighted by atomic mass is 9.52. The minimum absolute atomic E-state index is 0.0606. The number of Topliss-reactive ketones (excluding diaryl/α,β-unsaturated/α-hetero) is 1. The summed E-state index contributed by atoms with van der Waals surface area (Å²) in [6, 6.07) is 3.67. The third-order valence-corrected chi connectivity index (χ3v) is 6.46. The molecule has 2 aliphatic heterocycles. The molecule has 6 nitrogen and oxygen atoms in total. The second kappa shape index (κ2) is 7.76. The fourth-order valence-electron chi connectivity index (χ4n) is 5.05. The van der Waals surface area contributed by atoms with E-state index in [9.17, 15) is 14.7 Å². The molecule has 3 fully saturated rings. The highest BCUT2D eigenvalue weighted by atomic mass is 16.7. The maximum Gasteiger partial charge on any atom is 0.338 e. The molecule has 1 saturated carbocycles. The van der Waals surface area contributed by atoms with Crippen molar-refractivity contribution in [2.75, 3.05) is 13.2 Å². The quantitative estimate of drug-likeness (QED) is 0.626. The number of aliphatic hydroxyl groups excluding tert-OH is 1. The molecule has 6 heteroatoms. The van der Waals surface area contributed by atoms with Crippen molar-refractivity contribution in [3.8, 4) is 0 Å². The van der Waals surface area contributed by atoms with Crippen molar-refractivity contribution in [2.45, 2.75) is 58.2 Å². The van der Waals surface area contributed by atoms with Crippen LogP contribution in [0.2, 0.25) is 0 Å². The average Bonchev–Trinajstić information content (AvgIpc) is 3.11. The lowest BCUT2D eigenvalue weighted by molar-refractivity contribution is -0.159. The van der Waals surface area contributed by atoms with E-state index < -0.39 is 17.1 Å². The Kier molecular flexibility index (Phi) is 5.77. The van der Waals surface area contributed by atoms with E-state index in [1.807, 2.05) is 32.9 Å². The van der Waals surface area contributed by atoms with E-state index in [4.69, 9.17) is 9.47 Å². The van der Waals surface area contributed by atoms with Gasteiger partial charge in [-0.25, -0.2) is 4.79 Å². The molecule has 3 aliphatic rings. The predicted octanol–water partition coefficient (Wildman–Crippen LogP) is 2.99. The van der Waals surface area contributed by atoms with Gasteiger partial charge in [0.05, 0.1) is 24.5 Å². The number of aliphatic hydroxyl groups is 1. The van der Waals surface area contributed by atoms with Crippen molar-refractivity contribution < 1.29 is 28.6 Å². The van der Waals surface area contributed by atoms with Crippen LogP contribution in [-0.2, 0) is 19.1 Å². The van der Waals surface area contributed by atoms with Gasteiger partial charge < -0.3 is 19.0 Å². The fourth-order valence-corrected chi connectivity index (χ4v) is 5.05. The van der Waals surface area contributed by atoms with Gasteiger partial charge in [0.15, 0.2) is 6.10 Å². The fraction of sp³-hybridized carbons (Fsp3) is 0.714. The SMILES string of the molecule is CC(C)CC(=O)C1(C)C(CCO)CCC2COC(=O)C3OC231.c1ccoc1. The minimum Gasteiger partial charge on any atom is -0.473 e. The molecule has 4 rings (SSSR count). The molecule has 1 aromatic heterocycles. The number of hydrogen-bond donors (Lipinski definition) is 1. The zero-order valence-corrected chi connectivity index (χ0v) is 16.3. The van der Waals surface area contributed by atoms with E-state index in [0.717, 1.165) is 12.8 Å². The Morgan fingerprint density at radius 2 is 2.00 bits per heavy atom. The first-order valence-corrected chi connectivity index (χ1v) is 9.83. The van der Waals surface area contributed by atoms with Crippen LogP contribution in [0.3, 0.4) is 0 Å². The summed E-state index contributed by atoms with van der Waals surface area (Å²) in [6.45, 7) is 6.43. The largest absolute Gasteiger partial charge is 0.473 e. The molecule has 0 amide bonds. The van der Waals surface area contributed by atoms with Crippen LogP contribution in [0.1, 0.15) is 46.5 Å². The first-order valence-electron chi connectivity index (χ1n) is 9.83. The number of carbonyl (C=O) groups excluding carboxylic acids is 2. The number of ketones is 1. The van der Waals surface area contributed by atoms with Gasteiger partial charge >= 0.3 is 5.97 Å².